The summed E-state index contributed by atoms with van der Waals surface area (Å²) in [6, 6.07) is 3.52. The lowest BCUT2D eigenvalue weighted by Gasteiger charge is -2.28. The van der Waals surface area contributed by atoms with Crippen LogP contribution in [0.4, 0.5) is 11.8 Å². The molecule has 2 N–H and O–H groups in total. The van der Waals surface area contributed by atoms with Crippen LogP contribution in [0, 0.1) is 0 Å². The number of halogens is 1. The maximum Gasteiger partial charge on any atom is 0.275 e. The van der Waals surface area contributed by atoms with Gasteiger partial charge in [0.05, 0.1) is 18.2 Å². The molecule has 28 heavy (non-hydrogen) atoms. The Hall–Kier alpha value is -2.65. The van der Waals surface area contributed by atoms with Crippen molar-refractivity contribution in [3.63, 3.8) is 0 Å². The predicted octanol–water partition coefficient (Wildman–Crippen LogP) is 1.87. The van der Waals surface area contributed by atoms with E-state index in [0.717, 1.165) is 43.0 Å². The summed E-state index contributed by atoms with van der Waals surface area (Å²) in [5, 5.41) is 7.94. The summed E-state index contributed by atoms with van der Waals surface area (Å²) >= 11 is 6.31. The van der Waals surface area contributed by atoms with Crippen molar-refractivity contribution in [2.24, 2.45) is 0 Å². The number of aromatic nitrogens is 5. The van der Waals surface area contributed by atoms with Gasteiger partial charge in [0.2, 0.25) is 11.7 Å². The first kappa shape index (κ1) is 18.7. The molecule has 0 spiro atoms. The lowest BCUT2D eigenvalue weighted by atomic mass is 10.2. The quantitative estimate of drug-likeness (QED) is 0.647. The molecule has 0 amide bonds. The first-order chi connectivity index (χ1) is 13.6. The van der Waals surface area contributed by atoms with Crippen LogP contribution in [0.5, 0.6) is 0 Å². The van der Waals surface area contributed by atoms with Crippen LogP contribution in [-0.4, -0.2) is 50.9 Å². The minimum Gasteiger partial charge on any atom is -0.378 e. The molecule has 0 bridgehead atoms. The number of hydrogen-bond donors (Lipinski definition) is 2. The molecule has 3 aromatic heterocycles. The number of nitrogens with zero attached hydrogens (tertiary/aromatic N) is 5. The number of nitrogens with one attached hydrogen (secondary N) is 2. The summed E-state index contributed by atoms with van der Waals surface area (Å²) in [7, 11) is 0. The Morgan fingerprint density at radius 2 is 2.14 bits per heavy atom. The topological polar surface area (TPSA) is 100 Å². The molecule has 0 aromatic carbocycles. The van der Waals surface area contributed by atoms with Crippen molar-refractivity contribution in [2.75, 3.05) is 36.5 Å². The van der Waals surface area contributed by atoms with Crippen LogP contribution in [0.3, 0.4) is 0 Å². The maximum absolute atomic E-state index is 12.2. The fourth-order valence-corrected chi connectivity index (χ4v) is 3.33. The van der Waals surface area contributed by atoms with E-state index < -0.39 is 0 Å². The van der Waals surface area contributed by atoms with E-state index in [1.807, 2.05) is 6.07 Å². The van der Waals surface area contributed by atoms with Gasteiger partial charge in [0.25, 0.3) is 5.56 Å². The fourth-order valence-electron chi connectivity index (χ4n) is 3.16. The molecule has 1 aliphatic rings. The number of anilines is 2. The molecular weight excluding hydrogens is 382 g/mol. The van der Waals surface area contributed by atoms with Crippen molar-refractivity contribution < 1.29 is 4.74 Å². The molecule has 1 fully saturated rings. The highest BCUT2D eigenvalue weighted by molar-refractivity contribution is 6.31. The third-order valence-corrected chi connectivity index (χ3v) is 4.94. The molecular formula is C18H22ClN7O2. The molecule has 0 saturated carbocycles. The first-order valence-electron chi connectivity index (χ1n) is 9.34. The number of aryl methyl sites for hydroxylation is 1. The molecule has 0 aliphatic carbocycles. The van der Waals surface area contributed by atoms with E-state index >= 15 is 0 Å². The lowest BCUT2D eigenvalue weighted by molar-refractivity contribution is 0.122. The standard InChI is InChI=1S/C18H22ClN7O2/c1-2-3-13-9-16(27)26-18(22-13)23-17(24-26)21-10-12-8-15(20-11-14(12)19)25-4-6-28-7-5-25/h8-9,11H,2-7,10H2,1H3,(H2,21,22,23,24). The van der Waals surface area contributed by atoms with Gasteiger partial charge in [-0.15, -0.1) is 5.10 Å². The molecule has 0 unspecified atom stereocenters. The average molecular weight is 404 g/mol. The smallest absolute Gasteiger partial charge is 0.275 e. The Labute approximate surface area is 166 Å². The second-order valence-electron chi connectivity index (χ2n) is 6.64. The van der Waals surface area contributed by atoms with Crippen molar-refractivity contribution in [1.29, 1.82) is 0 Å². The summed E-state index contributed by atoms with van der Waals surface area (Å²) in [4.78, 5) is 26.3. The van der Waals surface area contributed by atoms with E-state index in [2.05, 4.69) is 37.2 Å². The van der Waals surface area contributed by atoms with Crippen LogP contribution in [-0.2, 0) is 17.7 Å². The molecule has 0 atom stereocenters. The molecule has 9 nitrogen and oxygen atoms in total. The Kier molecular flexibility index (Phi) is 5.45. The first-order valence-corrected chi connectivity index (χ1v) is 9.72. The number of rotatable bonds is 6. The zero-order valence-corrected chi connectivity index (χ0v) is 16.4. The second kappa shape index (κ2) is 8.15. The van der Waals surface area contributed by atoms with E-state index in [1.54, 1.807) is 12.3 Å². The van der Waals surface area contributed by atoms with E-state index in [9.17, 15) is 4.79 Å². The normalized spacial score (nSPS) is 14.6. The minimum atomic E-state index is -0.200. The number of aromatic amines is 1. The van der Waals surface area contributed by atoms with E-state index in [1.165, 1.54) is 4.52 Å². The molecule has 148 valence electrons. The molecule has 10 heteroatoms. The number of pyridine rings is 1. The molecule has 4 heterocycles. The van der Waals surface area contributed by atoms with Gasteiger partial charge in [-0.05, 0) is 18.1 Å². The molecule has 1 aliphatic heterocycles. The van der Waals surface area contributed by atoms with E-state index in [4.69, 9.17) is 16.3 Å². The zero-order chi connectivity index (χ0) is 19.5. The number of H-pyrrole nitrogens is 1. The van der Waals surface area contributed by atoms with Gasteiger partial charge in [0, 0.05) is 37.6 Å². The molecule has 4 rings (SSSR count). The van der Waals surface area contributed by atoms with Gasteiger partial charge in [0.15, 0.2) is 0 Å². The summed E-state index contributed by atoms with van der Waals surface area (Å²) in [5.41, 5.74) is 1.54. The highest BCUT2D eigenvalue weighted by atomic mass is 35.5. The Balaban J connectivity index is 1.52. The van der Waals surface area contributed by atoms with Gasteiger partial charge in [-0.1, -0.05) is 24.9 Å². The van der Waals surface area contributed by atoms with Crippen molar-refractivity contribution in [3.05, 3.63) is 45.0 Å². The summed E-state index contributed by atoms with van der Waals surface area (Å²) in [5.74, 6) is 1.66. The highest BCUT2D eigenvalue weighted by Gasteiger charge is 2.15. The fraction of sp³-hybridized carbons (Fsp3) is 0.444. The van der Waals surface area contributed by atoms with Gasteiger partial charge in [-0.25, -0.2) is 4.98 Å². The van der Waals surface area contributed by atoms with Crippen molar-refractivity contribution in [3.8, 4) is 0 Å². The third-order valence-electron chi connectivity index (χ3n) is 4.60. The molecule has 0 radical (unpaired) electrons. The zero-order valence-electron chi connectivity index (χ0n) is 15.6. The van der Waals surface area contributed by atoms with Gasteiger partial charge >= 0.3 is 0 Å². The average Bonchev–Trinajstić information content (AvgIpc) is 3.12. The monoisotopic (exact) mass is 403 g/mol. The van der Waals surface area contributed by atoms with Gasteiger partial charge in [-0.2, -0.15) is 9.50 Å². The maximum atomic E-state index is 12.2. The van der Waals surface area contributed by atoms with Crippen LogP contribution in [0.2, 0.25) is 5.02 Å². The van der Waals surface area contributed by atoms with Crippen LogP contribution < -0.4 is 15.8 Å². The van der Waals surface area contributed by atoms with Crippen LogP contribution in [0.15, 0.2) is 23.1 Å². The Morgan fingerprint density at radius 1 is 1.32 bits per heavy atom. The summed E-state index contributed by atoms with van der Waals surface area (Å²) < 4.78 is 6.65. The Bertz CT molecular complexity index is 1030. The van der Waals surface area contributed by atoms with Crippen molar-refractivity contribution >= 4 is 29.1 Å². The third kappa shape index (κ3) is 3.95. The van der Waals surface area contributed by atoms with Crippen molar-refractivity contribution in [2.45, 2.75) is 26.3 Å². The van der Waals surface area contributed by atoms with E-state index in [-0.39, 0.29) is 5.56 Å². The van der Waals surface area contributed by atoms with Crippen LogP contribution in [0.1, 0.15) is 24.6 Å². The minimum absolute atomic E-state index is 0.200. The number of fused-ring (bicyclic) bond motifs is 1. The second-order valence-corrected chi connectivity index (χ2v) is 7.05. The van der Waals surface area contributed by atoms with Crippen LogP contribution >= 0.6 is 11.6 Å². The Morgan fingerprint density at radius 3 is 2.93 bits per heavy atom. The van der Waals surface area contributed by atoms with Gasteiger partial charge in [0.1, 0.15) is 5.82 Å². The number of hydrogen-bond acceptors (Lipinski definition) is 7. The number of morpholine rings is 1. The molecule has 3 aromatic rings. The summed E-state index contributed by atoms with van der Waals surface area (Å²) in [6.45, 7) is 5.47. The SMILES string of the molecule is CCCc1cc(=O)n2nc(NCc3cc(N4CCOCC4)ncc3Cl)nc2[nH]1. The van der Waals surface area contributed by atoms with Gasteiger partial charge in [-0.3, -0.25) is 4.79 Å². The summed E-state index contributed by atoms with van der Waals surface area (Å²) in [6.07, 6.45) is 3.39. The largest absolute Gasteiger partial charge is 0.378 e. The van der Waals surface area contributed by atoms with E-state index in [0.29, 0.717) is 36.5 Å². The van der Waals surface area contributed by atoms with Crippen molar-refractivity contribution in [1.82, 2.24) is 24.6 Å². The molecule has 1 saturated heterocycles. The van der Waals surface area contributed by atoms with Crippen LogP contribution in [0.25, 0.3) is 5.78 Å². The number of ether oxygens (including phenoxy) is 1. The van der Waals surface area contributed by atoms with Gasteiger partial charge < -0.3 is 19.9 Å². The lowest BCUT2D eigenvalue weighted by Crippen LogP contribution is -2.36. The predicted molar refractivity (Wildman–Crippen MR) is 107 cm³/mol. The highest BCUT2D eigenvalue weighted by Crippen LogP contribution is 2.22.